The zero-order chi connectivity index (χ0) is 18.7. The van der Waals surface area contributed by atoms with Crippen molar-refractivity contribution in [3.63, 3.8) is 0 Å². The monoisotopic (exact) mass is 392 g/mol. The number of rotatable bonds is 7. The number of halogens is 2. The third-order valence-electron chi connectivity index (χ3n) is 4.78. The molecule has 138 valence electrons. The van der Waals surface area contributed by atoms with Crippen molar-refractivity contribution in [2.75, 3.05) is 41.2 Å². The molecule has 0 heterocycles. The van der Waals surface area contributed by atoms with Crippen LogP contribution in [-0.2, 0) is 6.42 Å². The quantitative estimate of drug-likeness (QED) is 0.572. The van der Waals surface area contributed by atoms with Gasteiger partial charge in [-0.15, -0.1) is 23.2 Å². The number of anilines is 2. The summed E-state index contributed by atoms with van der Waals surface area (Å²) in [5, 5.41) is 9.35. The average Bonchev–Trinajstić information content (AvgIpc) is 2.98. The van der Waals surface area contributed by atoms with Crippen molar-refractivity contribution in [2.45, 2.75) is 13.3 Å². The fourth-order valence-corrected chi connectivity index (χ4v) is 3.96. The first-order valence-electron chi connectivity index (χ1n) is 8.72. The lowest BCUT2D eigenvalue weighted by molar-refractivity contribution is 0.202. The number of fused-ring (bicyclic) bond motifs is 3. The van der Waals surface area contributed by atoms with Gasteiger partial charge in [0.05, 0.1) is 0 Å². The Morgan fingerprint density at radius 3 is 2.04 bits per heavy atom. The lowest BCUT2D eigenvalue weighted by Gasteiger charge is -2.23. The van der Waals surface area contributed by atoms with Gasteiger partial charge in [-0.1, -0.05) is 12.1 Å². The predicted octanol–water partition coefficient (Wildman–Crippen LogP) is 5.05. The molecule has 26 heavy (non-hydrogen) atoms. The first kappa shape index (κ1) is 18.9. The second-order valence-corrected chi connectivity index (χ2v) is 7.01. The van der Waals surface area contributed by atoms with E-state index in [0.717, 1.165) is 36.4 Å². The maximum Gasteiger partial charge on any atom is 0.411 e. The van der Waals surface area contributed by atoms with E-state index in [2.05, 4.69) is 23.1 Å². The number of benzene rings is 2. The Morgan fingerprint density at radius 2 is 1.54 bits per heavy atom. The molecule has 1 amide bonds. The van der Waals surface area contributed by atoms with Gasteiger partial charge in [0.15, 0.2) is 0 Å². The molecule has 0 bridgehead atoms. The third kappa shape index (κ3) is 3.62. The molecule has 0 saturated carbocycles. The van der Waals surface area contributed by atoms with Gasteiger partial charge in [0, 0.05) is 42.8 Å². The van der Waals surface area contributed by atoms with Gasteiger partial charge in [0.1, 0.15) is 0 Å². The summed E-state index contributed by atoms with van der Waals surface area (Å²) in [6, 6.07) is 12.3. The summed E-state index contributed by atoms with van der Waals surface area (Å²) < 4.78 is 0. The van der Waals surface area contributed by atoms with E-state index in [-0.39, 0.29) is 0 Å². The van der Waals surface area contributed by atoms with E-state index in [1.807, 2.05) is 25.1 Å². The van der Waals surface area contributed by atoms with E-state index >= 15 is 0 Å². The summed E-state index contributed by atoms with van der Waals surface area (Å²) in [5.74, 6) is 1.11. The van der Waals surface area contributed by atoms with Crippen LogP contribution in [0.1, 0.15) is 18.1 Å². The Kier molecular flexibility index (Phi) is 5.94. The Bertz CT molecular complexity index is 804. The van der Waals surface area contributed by atoms with Crippen LogP contribution in [0.3, 0.4) is 0 Å². The molecule has 2 aromatic rings. The topological polar surface area (TPSA) is 43.8 Å². The van der Waals surface area contributed by atoms with Crippen LogP contribution in [0.4, 0.5) is 16.2 Å². The van der Waals surface area contributed by atoms with Crippen molar-refractivity contribution >= 4 is 40.7 Å². The van der Waals surface area contributed by atoms with Crippen LogP contribution in [0.2, 0.25) is 0 Å². The van der Waals surface area contributed by atoms with E-state index in [9.17, 15) is 9.90 Å². The van der Waals surface area contributed by atoms with E-state index in [0.29, 0.717) is 18.3 Å². The predicted molar refractivity (Wildman–Crippen MR) is 109 cm³/mol. The highest BCUT2D eigenvalue weighted by atomic mass is 35.5. The van der Waals surface area contributed by atoms with Crippen LogP contribution in [0.25, 0.3) is 11.1 Å². The maximum absolute atomic E-state index is 11.4. The molecule has 1 N–H and O–H groups in total. The molecule has 3 rings (SSSR count). The Morgan fingerprint density at radius 1 is 1.00 bits per heavy atom. The number of carbonyl (C=O) groups is 1. The summed E-state index contributed by atoms with van der Waals surface area (Å²) in [6.45, 7) is 3.78. The fourth-order valence-electron chi connectivity index (χ4n) is 3.55. The van der Waals surface area contributed by atoms with Crippen molar-refractivity contribution in [3.05, 3.63) is 47.5 Å². The first-order chi connectivity index (χ1) is 12.6. The Labute approximate surface area is 163 Å². The number of carboxylic acid groups (broad SMARTS) is 1. The van der Waals surface area contributed by atoms with Gasteiger partial charge >= 0.3 is 6.09 Å². The molecule has 2 aromatic carbocycles. The zero-order valence-corrected chi connectivity index (χ0v) is 16.2. The van der Waals surface area contributed by atoms with Crippen molar-refractivity contribution < 1.29 is 9.90 Å². The van der Waals surface area contributed by atoms with Crippen LogP contribution >= 0.6 is 23.2 Å². The van der Waals surface area contributed by atoms with Crippen LogP contribution in [0.15, 0.2) is 36.4 Å². The van der Waals surface area contributed by atoms with Crippen molar-refractivity contribution in [3.8, 4) is 11.1 Å². The summed E-state index contributed by atoms with van der Waals surface area (Å²) in [6.07, 6.45) is -0.123. The van der Waals surface area contributed by atoms with E-state index in [4.69, 9.17) is 23.2 Å². The molecule has 0 atom stereocenters. The van der Waals surface area contributed by atoms with Gasteiger partial charge in [-0.05, 0) is 59.9 Å². The molecular formula is C20H22Cl2N2O2. The van der Waals surface area contributed by atoms with Crippen molar-refractivity contribution in [1.29, 1.82) is 0 Å². The first-order valence-corrected chi connectivity index (χ1v) is 9.79. The highest BCUT2D eigenvalue weighted by molar-refractivity contribution is 6.18. The molecule has 1 aliphatic carbocycles. The smallest absolute Gasteiger partial charge is 0.411 e. The standard InChI is InChI=1S/C20H22Cl2N2O2/c1-2-24(20(25)26)17-4-6-19-15(13-17)11-14-12-16(3-5-18(14)19)23(9-7-21)10-8-22/h3-6,12-13H,2,7-11H2,1H3,(H,25,26). The minimum Gasteiger partial charge on any atom is -0.465 e. The minimum absolute atomic E-state index is 0.428. The summed E-state index contributed by atoms with van der Waals surface area (Å²) in [5.41, 5.74) is 6.65. The molecule has 0 spiro atoms. The van der Waals surface area contributed by atoms with Gasteiger partial charge in [-0.3, -0.25) is 4.90 Å². The van der Waals surface area contributed by atoms with E-state index in [1.165, 1.54) is 21.6 Å². The normalized spacial score (nSPS) is 11.8. The Hall–Kier alpha value is -1.91. The highest BCUT2D eigenvalue weighted by Crippen LogP contribution is 2.40. The maximum atomic E-state index is 11.4. The zero-order valence-electron chi connectivity index (χ0n) is 14.7. The number of alkyl halides is 2. The molecule has 0 radical (unpaired) electrons. The van der Waals surface area contributed by atoms with Crippen LogP contribution < -0.4 is 9.80 Å². The summed E-state index contributed by atoms with van der Waals surface area (Å²) in [4.78, 5) is 14.9. The second-order valence-electron chi connectivity index (χ2n) is 6.25. The van der Waals surface area contributed by atoms with Gasteiger partial charge in [-0.2, -0.15) is 0 Å². The minimum atomic E-state index is -0.928. The number of hydrogen-bond acceptors (Lipinski definition) is 2. The van der Waals surface area contributed by atoms with Crippen LogP contribution in [0.5, 0.6) is 0 Å². The Balaban J connectivity index is 1.91. The number of amides is 1. The molecule has 6 heteroatoms. The molecular weight excluding hydrogens is 371 g/mol. The highest BCUT2D eigenvalue weighted by Gasteiger charge is 2.22. The molecule has 1 aliphatic rings. The van der Waals surface area contributed by atoms with E-state index in [1.54, 1.807) is 0 Å². The number of hydrogen-bond donors (Lipinski definition) is 1. The summed E-state index contributed by atoms with van der Waals surface area (Å²) >= 11 is 11.8. The molecule has 0 unspecified atom stereocenters. The van der Waals surface area contributed by atoms with Gasteiger partial charge in [-0.25, -0.2) is 4.79 Å². The van der Waals surface area contributed by atoms with E-state index < -0.39 is 6.09 Å². The molecule has 0 saturated heterocycles. The largest absolute Gasteiger partial charge is 0.465 e. The third-order valence-corrected chi connectivity index (χ3v) is 5.12. The van der Waals surface area contributed by atoms with Crippen LogP contribution in [-0.4, -0.2) is 42.6 Å². The average molecular weight is 393 g/mol. The van der Waals surface area contributed by atoms with Crippen LogP contribution in [0, 0.1) is 0 Å². The lowest BCUT2D eigenvalue weighted by atomic mass is 10.0. The molecule has 0 fully saturated rings. The SMILES string of the molecule is CCN(C(=O)O)c1ccc2c(c1)Cc1cc(N(CCCl)CCCl)ccc1-2. The summed E-state index contributed by atoms with van der Waals surface area (Å²) in [7, 11) is 0. The molecule has 4 nitrogen and oxygen atoms in total. The second kappa shape index (κ2) is 8.19. The van der Waals surface area contributed by atoms with Crippen molar-refractivity contribution in [1.82, 2.24) is 0 Å². The van der Waals surface area contributed by atoms with Gasteiger partial charge in [0.2, 0.25) is 0 Å². The lowest BCUT2D eigenvalue weighted by Crippen LogP contribution is -2.28. The van der Waals surface area contributed by atoms with Crippen molar-refractivity contribution in [2.24, 2.45) is 0 Å². The van der Waals surface area contributed by atoms with Gasteiger partial charge in [0.25, 0.3) is 0 Å². The fraction of sp³-hybridized carbons (Fsp3) is 0.350. The van der Waals surface area contributed by atoms with Gasteiger partial charge < -0.3 is 10.0 Å². The number of nitrogens with zero attached hydrogens (tertiary/aromatic N) is 2. The molecule has 0 aliphatic heterocycles. The molecule has 0 aromatic heterocycles.